The van der Waals surface area contributed by atoms with Gasteiger partial charge in [0, 0.05) is 36.1 Å². The summed E-state index contributed by atoms with van der Waals surface area (Å²) in [7, 11) is 4.18. The molecule has 1 amide bonds. The summed E-state index contributed by atoms with van der Waals surface area (Å²) < 4.78 is 15.6. The second-order valence-electron chi connectivity index (χ2n) is 9.00. The van der Waals surface area contributed by atoms with E-state index >= 15 is 0 Å². The molecule has 0 saturated carbocycles. The third-order valence-electron chi connectivity index (χ3n) is 7.13. The smallest absolute Gasteiger partial charge is 0.254 e. The van der Waals surface area contributed by atoms with E-state index in [1.54, 1.807) is 12.1 Å². The number of aryl methyl sites for hydroxylation is 2. The summed E-state index contributed by atoms with van der Waals surface area (Å²) in [5.41, 5.74) is 4.50. The van der Waals surface area contributed by atoms with Crippen LogP contribution in [0.25, 0.3) is 22.2 Å². The lowest BCUT2D eigenvalue weighted by Crippen LogP contribution is -2.48. The lowest BCUT2D eigenvalue weighted by Gasteiger charge is -2.36. The Labute approximate surface area is 176 Å². The number of fused-ring (bicyclic) bond motifs is 3. The fraction of sp³-hybridized carbons (Fsp3) is 0.400. The van der Waals surface area contributed by atoms with E-state index in [2.05, 4.69) is 40.0 Å². The van der Waals surface area contributed by atoms with Crippen LogP contribution in [-0.2, 0) is 7.05 Å². The van der Waals surface area contributed by atoms with Crippen LogP contribution in [0.1, 0.15) is 41.6 Å². The highest BCUT2D eigenvalue weighted by Crippen LogP contribution is 2.36. The van der Waals surface area contributed by atoms with Gasteiger partial charge in [0.25, 0.3) is 5.91 Å². The molecule has 3 heterocycles. The molecule has 5 rings (SSSR count). The average molecular weight is 406 g/mol. The topological polar surface area (TPSA) is 37.3 Å². The summed E-state index contributed by atoms with van der Waals surface area (Å²) in [4.78, 5) is 16.1. The standard InChI is InChI=1S/C25H28FN3O/c1-15-4-11-22-21(12-15)23(24(29(22)3)16-5-7-17(26)8-6-16)25(30)27-18-13-19-9-10-20(14-18)28(19)2/h4-8,11-12,18-20H,9-10,13-14H2,1-3H3,(H,27,30). The number of carbonyl (C=O) groups is 1. The normalized spacial score (nSPS) is 23.8. The second kappa shape index (κ2) is 7.24. The summed E-state index contributed by atoms with van der Waals surface area (Å²) in [6, 6.07) is 14.0. The number of nitrogens with zero attached hydrogens (tertiary/aromatic N) is 2. The number of amides is 1. The Balaban J connectivity index is 1.57. The minimum atomic E-state index is -0.277. The third-order valence-corrected chi connectivity index (χ3v) is 7.13. The first-order valence-electron chi connectivity index (χ1n) is 10.8. The summed E-state index contributed by atoms with van der Waals surface area (Å²) in [5, 5.41) is 4.30. The molecule has 156 valence electrons. The number of aromatic nitrogens is 1. The fourth-order valence-corrected chi connectivity index (χ4v) is 5.52. The molecule has 2 saturated heterocycles. The van der Waals surface area contributed by atoms with Crippen LogP contribution in [0.4, 0.5) is 4.39 Å². The largest absolute Gasteiger partial charge is 0.349 e. The van der Waals surface area contributed by atoms with Crippen molar-refractivity contribution in [2.24, 2.45) is 7.05 Å². The molecule has 1 aromatic heterocycles. The van der Waals surface area contributed by atoms with E-state index in [1.807, 2.05) is 14.0 Å². The van der Waals surface area contributed by atoms with Crippen LogP contribution in [0.3, 0.4) is 0 Å². The zero-order valence-corrected chi connectivity index (χ0v) is 17.8. The van der Waals surface area contributed by atoms with Crippen LogP contribution in [0.5, 0.6) is 0 Å². The van der Waals surface area contributed by atoms with Gasteiger partial charge in [-0.15, -0.1) is 0 Å². The Morgan fingerprint density at radius 1 is 1.03 bits per heavy atom. The highest BCUT2D eigenvalue weighted by atomic mass is 19.1. The van der Waals surface area contributed by atoms with Crippen LogP contribution in [-0.4, -0.2) is 40.5 Å². The van der Waals surface area contributed by atoms with Crippen molar-refractivity contribution in [3.63, 3.8) is 0 Å². The van der Waals surface area contributed by atoms with Crippen LogP contribution in [0.15, 0.2) is 42.5 Å². The molecular formula is C25H28FN3O. The number of piperidine rings is 1. The minimum Gasteiger partial charge on any atom is -0.349 e. The Hall–Kier alpha value is -2.66. The number of hydrogen-bond acceptors (Lipinski definition) is 2. The fourth-order valence-electron chi connectivity index (χ4n) is 5.52. The molecule has 3 aromatic rings. The summed E-state index contributed by atoms with van der Waals surface area (Å²) in [6.07, 6.45) is 4.46. The molecule has 1 N–H and O–H groups in total. The molecule has 5 heteroatoms. The Morgan fingerprint density at radius 2 is 1.70 bits per heavy atom. The number of halogens is 1. The summed E-state index contributed by atoms with van der Waals surface area (Å²) >= 11 is 0. The number of hydrogen-bond donors (Lipinski definition) is 1. The molecule has 2 atom stereocenters. The van der Waals surface area contributed by atoms with Crippen molar-refractivity contribution in [2.75, 3.05) is 7.05 Å². The van der Waals surface area contributed by atoms with E-state index in [9.17, 15) is 9.18 Å². The number of nitrogens with one attached hydrogen (secondary N) is 1. The first-order valence-corrected chi connectivity index (χ1v) is 10.8. The van der Waals surface area contributed by atoms with Gasteiger partial charge in [-0.2, -0.15) is 0 Å². The zero-order valence-electron chi connectivity index (χ0n) is 17.8. The molecule has 0 aliphatic carbocycles. The molecule has 0 radical (unpaired) electrons. The van der Waals surface area contributed by atoms with Gasteiger partial charge in [-0.1, -0.05) is 11.6 Å². The van der Waals surface area contributed by atoms with Gasteiger partial charge in [0.15, 0.2) is 0 Å². The number of rotatable bonds is 3. The van der Waals surface area contributed by atoms with Crippen LogP contribution < -0.4 is 5.32 Å². The lowest BCUT2D eigenvalue weighted by molar-refractivity contribution is 0.0884. The molecule has 30 heavy (non-hydrogen) atoms. The molecular weight excluding hydrogens is 377 g/mol. The first kappa shape index (κ1) is 19.3. The van der Waals surface area contributed by atoms with Gasteiger partial charge in [-0.05, 0) is 81.6 Å². The van der Waals surface area contributed by atoms with E-state index in [1.165, 1.54) is 25.0 Å². The molecule has 2 aromatic carbocycles. The van der Waals surface area contributed by atoms with Gasteiger partial charge in [-0.25, -0.2) is 4.39 Å². The highest BCUT2D eigenvalue weighted by Gasteiger charge is 2.39. The van der Waals surface area contributed by atoms with Crippen LogP contribution in [0, 0.1) is 12.7 Å². The Bertz CT molecular complexity index is 1100. The predicted octanol–water partition coefficient (Wildman–Crippen LogP) is 4.65. The summed E-state index contributed by atoms with van der Waals surface area (Å²) in [5.74, 6) is -0.305. The average Bonchev–Trinajstić information content (AvgIpc) is 3.10. The predicted molar refractivity (Wildman–Crippen MR) is 118 cm³/mol. The Morgan fingerprint density at radius 3 is 2.37 bits per heavy atom. The SMILES string of the molecule is Cc1ccc2c(c1)c(C(=O)NC1CC3CCC(C1)N3C)c(-c1ccc(F)cc1)n2C. The quantitative estimate of drug-likeness (QED) is 0.689. The van der Waals surface area contributed by atoms with E-state index in [0.717, 1.165) is 40.6 Å². The van der Waals surface area contributed by atoms with Gasteiger partial charge < -0.3 is 14.8 Å². The minimum absolute atomic E-state index is 0.0283. The molecule has 2 aliphatic heterocycles. The van der Waals surface area contributed by atoms with Crippen LogP contribution in [0.2, 0.25) is 0 Å². The number of carbonyl (C=O) groups excluding carboxylic acids is 1. The van der Waals surface area contributed by atoms with Gasteiger partial charge in [0.1, 0.15) is 5.82 Å². The maximum atomic E-state index is 13.6. The molecule has 4 nitrogen and oxygen atoms in total. The van der Waals surface area contributed by atoms with Crippen molar-refractivity contribution >= 4 is 16.8 Å². The van der Waals surface area contributed by atoms with E-state index in [0.29, 0.717) is 17.6 Å². The van der Waals surface area contributed by atoms with Crippen molar-refractivity contribution in [1.29, 1.82) is 0 Å². The van der Waals surface area contributed by atoms with Gasteiger partial charge in [-0.3, -0.25) is 4.79 Å². The van der Waals surface area contributed by atoms with Crippen LogP contribution >= 0.6 is 0 Å². The second-order valence-corrected chi connectivity index (χ2v) is 9.00. The van der Waals surface area contributed by atoms with Gasteiger partial charge in [0.2, 0.25) is 0 Å². The molecule has 0 spiro atoms. The van der Waals surface area contributed by atoms with Gasteiger partial charge in [0.05, 0.1) is 11.3 Å². The van der Waals surface area contributed by atoms with Crippen molar-refractivity contribution in [3.8, 4) is 11.3 Å². The zero-order chi connectivity index (χ0) is 21.0. The lowest BCUT2D eigenvalue weighted by atomic mass is 9.97. The van der Waals surface area contributed by atoms with E-state index < -0.39 is 0 Å². The third kappa shape index (κ3) is 3.12. The van der Waals surface area contributed by atoms with E-state index in [-0.39, 0.29) is 17.8 Å². The maximum absolute atomic E-state index is 13.6. The van der Waals surface area contributed by atoms with Gasteiger partial charge >= 0.3 is 0 Å². The summed E-state index contributed by atoms with van der Waals surface area (Å²) in [6.45, 7) is 2.04. The molecule has 2 aliphatic rings. The monoisotopic (exact) mass is 405 g/mol. The Kier molecular flexibility index (Phi) is 4.66. The number of benzene rings is 2. The van der Waals surface area contributed by atoms with E-state index in [4.69, 9.17) is 0 Å². The maximum Gasteiger partial charge on any atom is 0.254 e. The molecule has 2 unspecified atom stereocenters. The van der Waals surface area contributed by atoms with Crippen molar-refractivity contribution in [3.05, 3.63) is 59.4 Å². The van der Waals surface area contributed by atoms with Crippen molar-refractivity contribution < 1.29 is 9.18 Å². The van der Waals surface area contributed by atoms with Crippen molar-refractivity contribution in [1.82, 2.24) is 14.8 Å². The highest BCUT2D eigenvalue weighted by molar-refractivity contribution is 6.13. The molecule has 2 fully saturated rings. The first-order chi connectivity index (χ1) is 14.4. The molecule has 2 bridgehead atoms. The van der Waals surface area contributed by atoms with Crippen molar-refractivity contribution in [2.45, 2.75) is 50.7 Å².